The predicted molar refractivity (Wildman–Crippen MR) is 224 cm³/mol. The third-order valence-electron chi connectivity index (χ3n) is 9.29. The monoisotopic (exact) mass is 801 g/mol. The largest absolute Gasteiger partial charge is 0.472 e. The number of phosphoric ester groups is 1. The minimum Gasteiger partial charge on any atom is -0.462 e. The topological polar surface area (TPSA) is 149 Å². The van der Waals surface area contributed by atoms with Gasteiger partial charge in [0.2, 0.25) is 0 Å². The zero-order valence-electron chi connectivity index (χ0n) is 34.9. The summed E-state index contributed by atoms with van der Waals surface area (Å²) >= 11 is 0. The van der Waals surface area contributed by atoms with Gasteiger partial charge >= 0.3 is 19.8 Å². The third-order valence-corrected chi connectivity index (χ3v) is 10.2. The average molecular weight is 801 g/mol. The van der Waals surface area contributed by atoms with Crippen LogP contribution < -0.4 is 0 Å². The van der Waals surface area contributed by atoms with E-state index in [1.165, 1.54) is 89.9 Å². The van der Waals surface area contributed by atoms with Gasteiger partial charge in [-0.3, -0.25) is 18.6 Å². The van der Waals surface area contributed by atoms with Gasteiger partial charge in [0.1, 0.15) is 12.7 Å². The molecular weight excluding hydrogens is 719 g/mol. The fourth-order valence-electron chi connectivity index (χ4n) is 5.86. The van der Waals surface area contributed by atoms with Crippen LogP contribution in [-0.2, 0) is 32.7 Å². The van der Waals surface area contributed by atoms with Gasteiger partial charge < -0.3 is 24.6 Å². The predicted octanol–water partition coefficient (Wildman–Crippen LogP) is 11.6. The molecule has 3 atom stereocenters. The summed E-state index contributed by atoms with van der Waals surface area (Å²) in [5.74, 6) is -0.945. The molecule has 3 N–H and O–H groups in total. The van der Waals surface area contributed by atoms with Crippen molar-refractivity contribution >= 4 is 19.8 Å². The number of rotatable bonds is 41. The lowest BCUT2D eigenvalue weighted by molar-refractivity contribution is -0.161. The van der Waals surface area contributed by atoms with Gasteiger partial charge in [-0.05, 0) is 64.2 Å². The first-order valence-electron chi connectivity index (χ1n) is 22.0. The molecule has 0 heterocycles. The quantitative estimate of drug-likeness (QED) is 0.0179. The van der Waals surface area contributed by atoms with Crippen LogP contribution in [0.3, 0.4) is 0 Å². The van der Waals surface area contributed by atoms with Crippen LogP contribution in [0.1, 0.15) is 194 Å². The van der Waals surface area contributed by atoms with Crippen molar-refractivity contribution in [3.05, 3.63) is 36.5 Å². The van der Waals surface area contributed by atoms with Crippen LogP contribution in [0.15, 0.2) is 36.5 Å². The molecule has 0 saturated heterocycles. The molecule has 0 amide bonds. The molecule has 0 rings (SSSR count). The number of ether oxygens (including phenoxy) is 2. The molecular formula is C44H81O10P. The molecule has 0 saturated carbocycles. The zero-order valence-corrected chi connectivity index (χ0v) is 35.8. The smallest absolute Gasteiger partial charge is 0.462 e. The minimum atomic E-state index is -4.62. The van der Waals surface area contributed by atoms with E-state index in [-0.39, 0.29) is 19.4 Å². The highest BCUT2D eigenvalue weighted by Gasteiger charge is 2.27. The maximum absolute atomic E-state index is 12.6. The molecule has 0 spiro atoms. The SMILES string of the molecule is CCCCCC/C=C/C=C/CCCCCCCC(=O)OC[C@H](COP(=O)(O)OC[C@@H](O)CO)OC(=O)CCCCCCCCC/C=C/CCCCCCCC. The van der Waals surface area contributed by atoms with E-state index in [0.717, 1.165) is 64.2 Å². The lowest BCUT2D eigenvalue weighted by Gasteiger charge is -2.20. The van der Waals surface area contributed by atoms with Crippen molar-refractivity contribution in [2.45, 2.75) is 206 Å². The normalized spacial score (nSPS) is 14.2. The number of aliphatic hydroxyl groups excluding tert-OH is 2. The second-order valence-electron chi connectivity index (χ2n) is 14.7. The minimum absolute atomic E-state index is 0.176. The molecule has 0 fully saturated rings. The van der Waals surface area contributed by atoms with Gasteiger partial charge in [-0.1, -0.05) is 153 Å². The average Bonchev–Trinajstić information content (AvgIpc) is 3.17. The van der Waals surface area contributed by atoms with Crippen molar-refractivity contribution in [3.8, 4) is 0 Å². The second kappa shape index (κ2) is 40.4. The maximum atomic E-state index is 12.6. The van der Waals surface area contributed by atoms with E-state index in [0.29, 0.717) is 12.8 Å². The van der Waals surface area contributed by atoms with E-state index in [9.17, 15) is 24.2 Å². The summed E-state index contributed by atoms with van der Waals surface area (Å²) in [6.07, 6.45) is 41.0. The van der Waals surface area contributed by atoms with Crippen LogP contribution >= 0.6 is 7.82 Å². The van der Waals surface area contributed by atoms with Crippen molar-refractivity contribution < 1.29 is 47.8 Å². The van der Waals surface area contributed by atoms with E-state index in [1.807, 2.05) is 0 Å². The second-order valence-corrected chi connectivity index (χ2v) is 16.2. The zero-order chi connectivity index (χ0) is 40.5. The summed E-state index contributed by atoms with van der Waals surface area (Å²) < 4.78 is 32.7. The fourth-order valence-corrected chi connectivity index (χ4v) is 6.65. The Balaban J connectivity index is 4.32. The molecule has 11 heteroatoms. The van der Waals surface area contributed by atoms with Gasteiger partial charge in [0, 0.05) is 12.8 Å². The lowest BCUT2D eigenvalue weighted by atomic mass is 10.1. The molecule has 0 aromatic rings. The molecule has 0 aliphatic carbocycles. The Morgan fingerprint density at radius 3 is 1.44 bits per heavy atom. The first-order valence-corrected chi connectivity index (χ1v) is 23.5. The Morgan fingerprint density at radius 2 is 0.945 bits per heavy atom. The number of aliphatic hydroxyl groups is 2. The number of phosphoric acid groups is 1. The van der Waals surface area contributed by atoms with Crippen LogP contribution in [0.25, 0.3) is 0 Å². The summed E-state index contributed by atoms with van der Waals surface area (Å²) in [4.78, 5) is 35.0. The number of carbonyl (C=O) groups is 2. The van der Waals surface area contributed by atoms with Crippen molar-refractivity contribution in [2.24, 2.45) is 0 Å². The maximum Gasteiger partial charge on any atom is 0.472 e. The highest BCUT2D eigenvalue weighted by Crippen LogP contribution is 2.43. The van der Waals surface area contributed by atoms with Crippen LogP contribution in [-0.4, -0.2) is 65.7 Å². The van der Waals surface area contributed by atoms with Gasteiger partial charge in [-0.25, -0.2) is 4.57 Å². The summed E-state index contributed by atoms with van der Waals surface area (Å²) in [6.45, 7) is 2.34. The first-order chi connectivity index (χ1) is 26.7. The number of allylic oxidation sites excluding steroid dienone is 6. The molecule has 0 aromatic heterocycles. The summed E-state index contributed by atoms with van der Waals surface area (Å²) in [7, 11) is -4.62. The Hall–Kier alpha value is -1.81. The molecule has 0 bridgehead atoms. The van der Waals surface area contributed by atoms with Gasteiger partial charge in [0.05, 0.1) is 19.8 Å². The van der Waals surface area contributed by atoms with Crippen molar-refractivity contribution in [2.75, 3.05) is 26.4 Å². The fraction of sp³-hybridized carbons (Fsp3) is 0.818. The molecule has 55 heavy (non-hydrogen) atoms. The molecule has 0 aliphatic heterocycles. The Morgan fingerprint density at radius 1 is 0.545 bits per heavy atom. The molecule has 322 valence electrons. The Labute approximate surface area is 335 Å². The van der Waals surface area contributed by atoms with E-state index >= 15 is 0 Å². The van der Waals surface area contributed by atoms with Gasteiger partial charge in [0.15, 0.2) is 6.10 Å². The van der Waals surface area contributed by atoms with Gasteiger partial charge in [-0.15, -0.1) is 0 Å². The lowest BCUT2D eigenvalue weighted by Crippen LogP contribution is -2.29. The number of carbonyl (C=O) groups excluding carboxylic acids is 2. The summed E-state index contributed by atoms with van der Waals surface area (Å²) in [5.41, 5.74) is 0. The standard InChI is InChI=1S/C44H81O10P/c1-3-5-7-9-11-13-15-17-19-20-22-24-26-28-30-32-34-36-44(48)54-42(40-53-55(49,50)52-38-41(46)37-45)39-51-43(47)35-33-31-29-27-25-23-21-18-16-14-12-10-8-6-4-2/h14,16-19,21,41-42,45-46H,3-13,15,20,22-40H2,1-2H3,(H,49,50)/b16-14+,19-17+,21-18+/t41-,42+/m0/s1. The van der Waals surface area contributed by atoms with E-state index in [4.69, 9.17) is 19.1 Å². The molecule has 1 unspecified atom stereocenters. The van der Waals surface area contributed by atoms with E-state index in [2.05, 4.69) is 54.8 Å². The third kappa shape index (κ3) is 40.2. The Kier molecular flexibility index (Phi) is 39.1. The Bertz CT molecular complexity index is 1010. The summed E-state index contributed by atoms with van der Waals surface area (Å²) in [5, 5.41) is 18.3. The summed E-state index contributed by atoms with van der Waals surface area (Å²) in [6, 6.07) is 0. The van der Waals surface area contributed by atoms with Crippen LogP contribution in [0.2, 0.25) is 0 Å². The number of unbranched alkanes of at least 4 members (excludes halogenated alkanes) is 22. The highest BCUT2D eigenvalue weighted by molar-refractivity contribution is 7.47. The number of hydrogen-bond donors (Lipinski definition) is 3. The van der Waals surface area contributed by atoms with Crippen molar-refractivity contribution in [3.63, 3.8) is 0 Å². The van der Waals surface area contributed by atoms with E-state index < -0.39 is 51.8 Å². The first kappa shape index (κ1) is 53.2. The van der Waals surface area contributed by atoms with Crippen molar-refractivity contribution in [1.82, 2.24) is 0 Å². The van der Waals surface area contributed by atoms with Crippen LogP contribution in [0, 0.1) is 0 Å². The van der Waals surface area contributed by atoms with Crippen LogP contribution in [0.5, 0.6) is 0 Å². The molecule has 10 nitrogen and oxygen atoms in total. The highest BCUT2D eigenvalue weighted by atomic mass is 31.2. The van der Waals surface area contributed by atoms with Gasteiger partial charge in [-0.2, -0.15) is 0 Å². The van der Waals surface area contributed by atoms with Crippen molar-refractivity contribution in [1.29, 1.82) is 0 Å². The number of esters is 2. The van der Waals surface area contributed by atoms with Crippen LogP contribution in [0.4, 0.5) is 0 Å². The molecule has 0 aliphatic rings. The molecule has 0 radical (unpaired) electrons. The molecule has 0 aromatic carbocycles. The number of hydrogen-bond acceptors (Lipinski definition) is 9. The van der Waals surface area contributed by atoms with E-state index in [1.54, 1.807) is 0 Å². The van der Waals surface area contributed by atoms with Gasteiger partial charge in [0.25, 0.3) is 0 Å².